The van der Waals surface area contributed by atoms with Gasteiger partial charge in [-0.2, -0.15) is 0 Å². The molecule has 8 heavy (non-hydrogen) atoms. The zero-order chi connectivity index (χ0) is 5.98. The lowest BCUT2D eigenvalue weighted by atomic mass is 10.1. The lowest BCUT2D eigenvalue weighted by molar-refractivity contribution is 0.246. The van der Waals surface area contributed by atoms with Crippen molar-refractivity contribution in [3.05, 3.63) is 11.3 Å². The number of hydrogen-bond acceptors (Lipinski definition) is 1. The average molecular weight is 112 g/mol. The first-order valence-electron chi connectivity index (χ1n) is 3.16. The molecule has 0 spiro atoms. The van der Waals surface area contributed by atoms with Gasteiger partial charge in [-0.3, -0.25) is 0 Å². The van der Waals surface area contributed by atoms with Crippen molar-refractivity contribution in [3.8, 4) is 0 Å². The summed E-state index contributed by atoms with van der Waals surface area (Å²) in [6, 6.07) is 0. The molecule has 46 valence electrons. The van der Waals surface area contributed by atoms with Crippen molar-refractivity contribution >= 4 is 0 Å². The van der Waals surface area contributed by atoms with Crippen LogP contribution in [0.3, 0.4) is 0 Å². The third kappa shape index (κ3) is 0.857. The van der Waals surface area contributed by atoms with Crippen molar-refractivity contribution in [1.82, 2.24) is 0 Å². The van der Waals surface area contributed by atoms with E-state index in [0.29, 0.717) is 0 Å². The van der Waals surface area contributed by atoms with Crippen molar-refractivity contribution in [1.29, 1.82) is 0 Å². The fourth-order valence-electron chi connectivity index (χ4n) is 1.03. The van der Waals surface area contributed by atoms with Gasteiger partial charge in [0.1, 0.15) is 0 Å². The summed E-state index contributed by atoms with van der Waals surface area (Å²) in [5.74, 6) is 1.16. The van der Waals surface area contributed by atoms with Crippen LogP contribution >= 0.6 is 0 Å². The minimum Gasteiger partial charge on any atom is -0.498 e. The molecule has 0 radical (unpaired) electrons. The highest BCUT2D eigenvalue weighted by atomic mass is 16.5. The highest BCUT2D eigenvalue weighted by Gasteiger charge is 2.08. The van der Waals surface area contributed by atoms with Crippen LogP contribution in [0, 0.1) is 0 Å². The van der Waals surface area contributed by atoms with Crippen molar-refractivity contribution in [2.75, 3.05) is 6.61 Å². The number of rotatable bonds is 1. The zero-order valence-corrected chi connectivity index (χ0v) is 5.53. The molecule has 0 aromatic heterocycles. The fourth-order valence-corrected chi connectivity index (χ4v) is 1.03. The van der Waals surface area contributed by atoms with Crippen LogP contribution in [0.1, 0.15) is 26.7 Å². The van der Waals surface area contributed by atoms with E-state index in [4.69, 9.17) is 4.74 Å². The smallest absolute Gasteiger partial charge is 0.0922 e. The Bertz CT molecular complexity index is 114. The van der Waals surface area contributed by atoms with E-state index >= 15 is 0 Å². The van der Waals surface area contributed by atoms with Crippen molar-refractivity contribution in [2.45, 2.75) is 26.7 Å². The highest BCUT2D eigenvalue weighted by molar-refractivity contribution is 5.09. The monoisotopic (exact) mass is 112 g/mol. The van der Waals surface area contributed by atoms with Gasteiger partial charge in [-0.25, -0.2) is 0 Å². The third-order valence-electron chi connectivity index (χ3n) is 1.65. The van der Waals surface area contributed by atoms with Crippen LogP contribution in [0.5, 0.6) is 0 Å². The summed E-state index contributed by atoms with van der Waals surface area (Å²) in [5, 5.41) is 0. The molecule has 1 aliphatic heterocycles. The second-order valence-electron chi connectivity index (χ2n) is 2.11. The number of hydrogen-bond donors (Lipinski definition) is 0. The van der Waals surface area contributed by atoms with E-state index in [0.717, 1.165) is 25.2 Å². The maximum absolute atomic E-state index is 5.24. The summed E-state index contributed by atoms with van der Waals surface area (Å²) in [7, 11) is 0. The average Bonchev–Trinajstić information content (AvgIpc) is 2.14. The molecule has 0 aliphatic carbocycles. The lowest BCUT2D eigenvalue weighted by Gasteiger charge is -1.93. The zero-order valence-electron chi connectivity index (χ0n) is 5.53. The molecule has 0 atom stereocenters. The predicted molar refractivity (Wildman–Crippen MR) is 33.6 cm³/mol. The van der Waals surface area contributed by atoms with Crippen LogP contribution < -0.4 is 0 Å². The van der Waals surface area contributed by atoms with Gasteiger partial charge in [0.05, 0.1) is 12.4 Å². The van der Waals surface area contributed by atoms with Gasteiger partial charge < -0.3 is 4.74 Å². The molecule has 1 aliphatic rings. The molecule has 0 aromatic rings. The third-order valence-corrected chi connectivity index (χ3v) is 1.65. The number of allylic oxidation sites excluding steroid dienone is 1. The summed E-state index contributed by atoms with van der Waals surface area (Å²) in [6.07, 6.45) is 2.31. The second-order valence-corrected chi connectivity index (χ2v) is 2.11. The molecule has 0 bridgehead atoms. The summed E-state index contributed by atoms with van der Waals surface area (Å²) in [4.78, 5) is 0. The molecule has 1 nitrogen and oxygen atoms in total. The molecule has 1 rings (SSSR count). The Balaban J connectivity index is 2.58. The van der Waals surface area contributed by atoms with E-state index < -0.39 is 0 Å². The first-order valence-corrected chi connectivity index (χ1v) is 3.16. The van der Waals surface area contributed by atoms with Gasteiger partial charge in [0.2, 0.25) is 0 Å². The minimum absolute atomic E-state index is 0.912. The SMILES string of the molecule is CCC1=C(C)OCC1. The topological polar surface area (TPSA) is 9.23 Å². The molecule has 1 heterocycles. The Morgan fingerprint density at radius 2 is 2.38 bits per heavy atom. The van der Waals surface area contributed by atoms with Gasteiger partial charge in [-0.15, -0.1) is 0 Å². The molecular weight excluding hydrogens is 100 g/mol. The van der Waals surface area contributed by atoms with Gasteiger partial charge >= 0.3 is 0 Å². The van der Waals surface area contributed by atoms with Gasteiger partial charge in [0, 0.05) is 6.42 Å². The van der Waals surface area contributed by atoms with E-state index in [2.05, 4.69) is 6.92 Å². The minimum atomic E-state index is 0.912. The molecule has 1 heteroatoms. The second kappa shape index (κ2) is 2.21. The number of ether oxygens (including phenoxy) is 1. The van der Waals surface area contributed by atoms with Gasteiger partial charge in [-0.1, -0.05) is 6.92 Å². The van der Waals surface area contributed by atoms with E-state index in [-0.39, 0.29) is 0 Å². The fraction of sp³-hybridized carbons (Fsp3) is 0.714. The van der Waals surface area contributed by atoms with E-state index in [9.17, 15) is 0 Å². The highest BCUT2D eigenvalue weighted by Crippen LogP contribution is 2.20. The van der Waals surface area contributed by atoms with Crippen molar-refractivity contribution < 1.29 is 4.74 Å². The van der Waals surface area contributed by atoms with E-state index in [1.54, 1.807) is 0 Å². The standard InChI is InChI=1S/C7H12O/c1-3-7-4-5-8-6(7)2/h3-5H2,1-2H3. The predicted octanol–water partition coefficient (Wildman–Crippen LogP) is 2.09. The van der Waals surface area contributed by atoms with Crippen LogP contribution in [0.25, 0.3) is 0 Å². The normalized spacial score (nSPS) is 19.2. The van der Waals surface area contributed by atoms with Crippen LogP contribution in [-0.4, -0.2) is 6.61 Å². The Labute approximate surface area is 50.3 Å². The van der Waals surface area contributed by atoms with E-state index in [1.165, 1.54) is 5.57 Å². The molecule has 0 fully saturated rings. The van der Waals surface area contributed by atoms with Crippen molar-refractivity contribution in [3.63, 3.8) is 0 Å². The van der Waals surface area contributed by atoms with Crippen LogP contribution in [0.4, 0.5) is 0 Å². The Morgan fingerprint density at radius 1 is 1.62 bits per heavy atom. The lowest BCUT2D eigenvalue weighted by Crippen LogP contribution is -1.76. The quantitative estimate of drug-likeness (QED) is 0.504. The van der Waals surface area contributed by atoms with Gasteiger partial charge in [-0.05, 0) is 18.9 Å². The van der Waals surface area contributed by atoms with Crippen LogP contribution in [0.2, 0.25) is 0 Å². The molecule has 0 N–H and O–H groups in total. The van der Waals surface area contributed by atoms with E-state index in [1.807, 2.05) is 6.92 Å². The summed E-state index contributed by atoms with van der Waals surface area (Å²) >= 11 is 0. The molecule has 0 saturated carbocycles. The summed E-state index contributed by atoms with van der Waals surface area (Å²) < 4.78 is 5.24. The maximum atomic E-state index is 5.24. The Kier molecular flexibility index (Phi) is 1.56. The molecule has 0 saturated heterocycles. The first-order chi connectivity index (χ1) is 3.84. The molecule has 0 amide bonds. The maximum Gasteiger partial charge on any atom is 0.0922 e. The first kappa shape index (κ1) is 5.67. The van der Waals surface area contributed by atoms with Crippen molar-refractivity contribution in [2.24, 2.45) is 0 Å². The molecular formula is C7H12O. The van der Waals surface area contributed by atoms with Gasteiger partial charge in [0.25, 0.3) is 0 Å². The largest absolute Gasteiger partial charge is 0.498 e. The van der Waals surface area contributed by atoms with Crippen LogP contribution in [-0.2, 0) is 4.74 Å². The Hall–Kier alpha value is -0.460. The molecule has 0 aromatic carbocycles. The summed E-state index contributed by atoms with van der Waals surface area (Å²) in [5.41, 5.74) is 1.49. The Morgan fingerprint density at radius 3 is 2.62 bits per heavy atom. The van der Waals surface area contributed by atoms with Crippen LogP contribution in [0.15, 0.2) is 11.3 Å². The molecule has 0 unspecified atom stereocenters. The summed E-state index contributed by atoms with van der Waals surface area (Å²) in [6.45, 7) is 5.13. The van der Waals surface area contributed by atoms with Gasteiger partial charge in [0.15, 0.2) is 0 Å².